The molecule has 0 amide bonds. The number of rotatable bonds is 8. The van der Waals surface area contributed by atoms with Gasteiger partial charge in [-0.1, -0.05) is 65.3 Å². The Morgan fingerprint density at radius 3 is 2.39 bits per heavy atom. The fourth-order valence-electron chi connectivity index (χ4n) is 1.98. The highest BCUT2D eigenvalue weighted by Gasteiger charge is 1.99. The highest BCUT2D eigenvalue weighted by atomic mass is 32.2. The second-order valence-electron chi connectivity index (χ2n) is 5.97. The van der Waals surface area contributed by atoms with Gasteiger partial charge in [0, 0.05) is 10.6 Å². The van der Waals surface area contributed by atoms with Crippen LogP contribution < -0.4 is 0 Å². The number of hydrogen-bond donors (Lipinski definition) is 0. The van der Waals surface area contributed by atoms with Crippen molar-refractivity contribution >= 4 is 10.8 Å². The average Bonchev–Trinajstić information content (AvgIpc) is 2.53. The summed E-state index contributed by atoms with van der Waals surface area (Å²) in [5.74, 6) is 0.559. The summed E-state index contributed by atoms with van der Waals surface area (Å²) in [5.41, 5.74) is 3.89. The number of allylic oxidation sites excluding steroid dienone is 7. The van der Waals surface area contributed by atoms with Crippen molar-refractivity contribution in [2.45, 2.75) is 45.4 Å². The molecule has 0 aromatic heterocycles. The van der Waals surface area contributed by atoms with E-state index in [1.165, 1.54) is 11.1 Å². The van der Waals surface area contributed by atoms with Crippen molar-refractivity contribution in [2.24, 2.45) is 0 Å². The molecule has 0 heterocycles. The maximum Gasteiger partial charge on any atom is 0.0568 e. The zero-order valence-corrected chi connectivity index (χ0v) is 15.5. The molecule has 1 aromatic rings. The minimum atomic E-state index is -0.959. The molecule has 1 unspecified atom stereocenters. The predicted octanol–water partition coefficient (Wildman–Crippen LogP) is 5.99. The van der Waals surface area contributed by atoms with Crippen molar-refractivity contribution < 1.29 is 4.21 Å². The first-order chi connectivity index (χ1) is 11.0. The van der Waals surface area contributed by atoms with Gasteiger partial charge in [0.1, 0.15) is 0 Å². The normalized spacial score (nSPS) is 14.1. The summed E-state index contributed by atoms with van der Waals surface area (Å²) < 4.78 is 12.1. The molecule has 23 heavy (non-hydrogen) atoms. The molecule has 1 aromatic carbocycles. The van der Waals surface area contributed by atoms with Crippen LogP contribution in [0, 0.1) is 0 Å². The van der Waals surface area contributed by atoms with Gasteiger partial charge in [-0.25, -0.2) is 0 Å². The zero-order chi connectivity index (χ0) is 17.1. The molecule has 0 aliphatic heterocycles. The first-order valence-electron chi connectivity index (χ1n) is 8.06. The van der Waals surface area contributed by atoms with E-state index in [0.717, 1.165) is 23.3 Å². The molecule has 0 bridgehead atoms. The van der Waals surface area contributed by atoms with E-state index < -0.39 is 10.8 Å². The third-order valence-electron chi connectivity index (χ3n) is 3.39. The van der Waals surface area contributed by atoms with Gasteiger partial charge in [0.05, 0.1) is 10.8 Å². The van der Waals surface area contributed by atoms with Gasteiger partial charge >= 0.3 is 0 Å². The van der Waals surface area contributed by atoms with Crippen molar-refractivity contribution in [1.29, 1.82) is 0 Å². The first kappa shape index (κ1) is 19.4. The molecule has 0 N–H and O–H groups in total. The molecule has 0 saturated carbocycles. The van der Waals surface area contributed by atoms with E-state index in [9.17, 15) is 4.21 Å². The van der Waals surface area contributed by atoms with Crippen molar-refractivity contribution in [1.82, 2.24) is 0 Å². The van der Waals surface area contributed by atoms with Crippen molar-refractivity contribution in [3.05, 3.63) is 77.4 Å². The van der Waals surface area contributed by atoms with Crippen LogP contribution >= 0.6 is 0 Å². The van der Waals surface area contributed by atoms with Gasteiger partial charge in [-0.2, -0.15) is 0 Å². The van der Waals surface area contributed by atoms with Crippen LogP contribution in [0.5, 0.6) is 0 Å². The van der Waals surface area contributed by atoms with Crippen LogP contribution in [0.25, 0.3) is 0 Å². The lowest BCUT2D eigenvalue weighted by Crippen LogP contribution is -1.95. The Kier molecular flexibility index (Phi) is 9.23. The molecular weight excluding hydrogens is 300 g/mol. The average molecular weight is 329 g/mol. The van der Waals surface area contributed by atoms with E-state index in [4.69, 9.17) is 0 Å². The van der Waals surface area contributed by atoms with Gasteiger partial charge in [-0.15, -0.1) is 0 Å². The third-order valence-corrected chi connectivity index (χ3v) is 4.66. The van der Waals surface area contributed by atoms with E-state index in [1.54, 1.807) is 0 Å². The molecule has 0 radical (unpaired) electrons. The van der Waals surface area contributed by atoms with Gasteiger partial charge in [0.25, 0.3) is 0 Å². The molecule has 0 saturated heterocycles. The van der Waals surface area contributed by atoms with Crippen LogP contribution in [0.3, 0.4) is 0 Å². The van der Waals surface area contributed by atoms with Crippen LogP contribution in [0.2, 0.25) is 0 Å². The Morgan fingerprint density at radius 2 is 1.74 bits per heavy atom. The minimum Gasteiger partial charge on any atom is -0.254 e. The Balaban J connectivity index is 2.46. The molecule has 1 atom stereocenters. The highest BCUT2D eigenvalue weighted by Crippen LogP contribution is 2.09. The van der Waals surface area contributed by atoms with Crippen LogP contribution in [0.1, 0.15) is 40.5 Å². The summed E-state index contributed by atoms with van der Waals surface area (Å²) in [7, 11) is -0.959. The van der Waals surface area contributed by atoms with E-state index in [2.05, 4.69) is 45.1 Å². The van der Waals surface area contributed by atoms with Crippen LogP contribution in [0.15, 0.2) is 82.3 Å². The second kappa shape index (κ2) is 11.0. The predicted molar refractivity (Wildman–Crippen MR) is 103 cm³/mol. The fourth-order valence-corrected chi connectivity index (χ4v) is 3.05. The minimum absolute atomic E-state index is 0.559. The standard InChI is InChI=1S/C21H28OS/c1-18(2)10-8-11-19(3)12-9-13-20(4)16-17-23(22)21-14-6-5-7-15-21/h5-7,9-10,12-16H,8,11,17H2,1-4H3. The first-order valence-corrected chi connectivity index (χ1v) is 9.38. The molecule has 0 fully saturated rings. The summed E-state index contributed by atoms with van der Waals surface area (Å²) >= 11 is 0. The topological polar surface area (TPSA) is 17.1 Å². The van der Waals surface area contributed by atoms with E-state index in [-0.39, 0.29) is 0 Å². The van der Waals surface area contributed by atoms with E-state index in [1.807, 2.05) is 43.3 Å². The van der Waals surface area contributed by atoms with Crippen molar-refractivity contribution in [3.8, 4) is 0 Å². The lowest BCUT2D eigenvalue weighted by Gasteiger charge is -1.99. The summed E-state index contributed by atoms with van der Waals surface area (Å²) in [6.07, 6.45) is 12.8. The largest absolute Gasteiger partial charge is 0.254 e. The molecule has 1 nitrogen and oxygen atoms in total. The number of hydrogen-bond acceptors (Lipinski definition) is 1. The van der Waals surface area contributed by atoms with E-state index >= 15 is 0 Å². The second-order valence-corrected chi connectivity index (χ2v) is 7.46. The monoisotopic (exact) mass is 328 g/mol. The number of benzene rings is 1. The van der Waals surface area contributed by atoms with Crippen LogP contribution in [-0.2, 0) is 10.8 Å². The van der Waals surface area contributed by atoms with Crippen LogP contribution in [0.4, 0.5) is 0 Å². The maximum atomic E-state index is 12.1. The van der Waals surface area contributed by atoms with Gasteiger partial charge in [-0.05, 0) is 52.7 Å². The summed E-state index contributed by atoms with van der Waals surface area (Å²) in [6.45, 7) is 8.47. The fraction of sp³-hybridized carbons (Fsp3) is 0.333. The molecule has 124 valence electrons. The van der Waals surface area contributed by atoms with Gasteiger partial charge in [0.2, 0.25) is 0 Å². The Morgan fingerprint density at radius 1 is 1.04 bits per heavy atom. The third kappa shape index (κ3) is 9.14. The highest BCUT2D eigenvalue weighted by molar-refractivity contribution is 7.85. The molecule has 0 aliphatic carbocycles. The molecule has 1 rings (SSSR count). The lowest BCUT2D eigenvalue weighted by molar-refractivity contribution is 0.685. The molecular formula is C21H28OS. The molecule has 0 aliphatic rings. The van der Waals surface area contributed by atoms with Crippen molar-refractivity contribution in [3.63, 3.8) is 0 Å². The smallest absolute Gasteiger partial charge is 0.0568 e. The Hall–Kier alpha value is -1.67. The summed E-state index contributed by atoms with van der Waals surface area (Å²) in [5, 5.41) is 0. The van der Waals surface area contributed by atoms with Crippen LogP contribution in [-0.4, -0.2) is 9.96 Å². The SMILES string of the molecule is CC(C)=CCCC(C)=CC=CC(C)=CCS(=O)c1ccccc1. The maximum absolute atomic E-state index is 12.1. The summed E-state index contributed by atoms with van der Waals surface area (Å²) in [4.78, 5) is 0.885. The van der Waals surface area contributed by atoms with Gasteiger partial charge in [0.15, 0.2) is 0 Å². The van der Waals surface area contributed by atoms with Crippen molar-refractivity contribution in [2.75, 3.05) is 5.75 Å². The Bertz CT molecular complexity index is 615. The Labute approximate surface area is 144 Å². The van der Waals surface area contributed by atoms with Gasteiger partial charge in [-0.3, -0.25) is 4.21 Å². The van der Waals surface area contributed by atoms with Gasteiger partial charge < -0.3 is 0 Å². The zero-order valence-electron chi connectivity index (χ0n) is 14.7. The molecule has 0 spiro atoms. The quantitative estimate of drug-likeness (QED) is 0.423. The summed E-state index contributed by atoms with van der Waals surface area (Å²) in [6, 6.07) is 9.61. The molecule has 2 heteroatoms. The van der Waals surface area contributed by atoms with E-state index in [0.29, 0.717) is 5.75 Å². The lowest BCUT2D eigenvalue weighted by atomic mass is 10.1.